The van der Waals surface area contributed by atoms with Crippen LogP contribution in [0.5, 0.6) is 0 Å². The first kappa shape index (κ1) is 15.9. The molecule has 1 fully saturated rings. The zero-order chi connectivity index (χ0) is 13.4. The Bertz CT molecular complexity index is 223. The van der Waals surface area contributed by atoms with Gasteiger partial charge in [0.05, 0.1) is 19.8 Å². The molecule has 0 spiro atoms. The largest absolute Gasteiger partial charge is 0.394 e. The molecule has 0 aromatic rings. The Hall–Kier alpha value is -0.160. The molecule has 2 atom stereocenters. The molecule has 4 nitrogen and oxygen atoms in total. The summed E-state index contributed by atoms with van der Waals surface area (Å²) in [6, 6.07) is 0. The second-order valence-corrected chi connectivity index (χ2v) is 5.85. The standard InChI is InChI=1S/C14H29NO3/c1-12(2)10-18-9-8-17-7-5-13-4-3-6-14(13,15)11-16/h12-13,16H,3-11,15H2,1-2H3. The van der Waals surface area contributed by atoms with Crippen LogP contribution in [0.15, 0.2) is 0 Å². The van der Waals surface area contributed by atoms with Crippen LogP contribution in [0.1, 0.15) is 39.5 Å². The molecular formula is C14H29NO3. The number of hydrogen-bond acceptors (Lipinski definition) is 4. The van der Waals surface area contributed by atoms with Crippen molar-refractivity contribution in [2.24, 2.45) is 17.6 Å². The molecule has 3 N–H and O–H groups in total. The van der Waals surface area contributed by atoms with Crippen LogP contribution in [0.4, 0.5) is 0 Å². The maximum absolute atomic E-state index is 9.33. The summed E-state index contributed by atoms with van der Waals surface area (Å²) in [6.07, 6.45) is 4.12. The van der Waals surface area contributed by atoms with Crippen LogP contribution < -0.4 is 5.73 Å². The Morgan fingerprint density at radius 2 is 2.00 bits per heavy atom. The van der Waals surface area contributed by atoms with Crippen molar-refractivity contribution in [3.8, 4) is 0 Å². The summed E-state index contributed by atoms with van der Waals surface area (Å²) in [7, 11) is 0. The van der Waals surface area contributed by atoms with Gasteiger partial charge >= 0.3 is 0 Å². The van der Waals surface area contributed by atoms with E-state index in [1.165, 1.54) is 0 Å². The summed E-state index contributed by atoms with van der Waals surface area (Å²) in [5.74, 6) is 0.977. The highest BCUT2D eigenvalue weighted by Gasteiger charge is 2.38. The maximum Gasteiger partial charge on any atom is 0.0700 e. The van der Waals surface area contributed by atoms with Gasteiger partial charge in [-0.15, -0.1) is 0 Å². The Labute approximate surface area is 111 Å². The van der Waals surface area contributed by atoms with Crippen molar-refractivity contribution < 1.29 is 14.6 Å². The van der Waals surface area contributed by atoms with Gasteiger partial charge in [-0.05, 0) is 31.1 Å². The molecule has 0 amide bonds. The lowest BCUT2D eigenvalue weighted by Gasteiger charge is -2.29. The molecule has 0 heterocycles. The summed E-state index contributed by atoms with van der Waals surface area (Å²) in [5, 5.41) is 9.33. The van der Waals surface area contributed by atoms with Gasteiger partial charge in [0.15, 0.2) is 0 Å². The fraction of sp³-hybridized carbons (Fsp3) is 1.00. The normalized spacial score (nSPS) is 28.2. The molecule has 0 aromatic carbocycles. The summed E-state index contributed by atoms with van der Waals surface area (Å²) in [5.41, 5.74) is 5.80. The zero-order valence-electron chi connectivity index (χ0n) is 11.9. The number of ether oxygens (including phenoxy) is 2. The molecule has 1 saturated carbocycles. The summed E-state index contributed by atoms with van der Waals surface area (Å²) in [4.78, 5) is 0. The molecule has 4 heteroatoms. The van der Waals surface area contributed by atoms with Gasteiger partial charge < -0.3 is 20.3 Å². The summed E-state index contributed by atoms with van der Waals surface area (Å²) in [6.45, 7) is 7.19. The lowest BCUT2D eigenvalue weighted by molar-refractivity contribution is 0.0293. The van der Waals surface area contributed by atoms with E-state index in [-0.39, 0.29) is 12.1 Å². The van der Waals surface area contributed by atoms with Crippen LogP contribution in [-0.4, -0.2) is 43.7 Å². The second-order valence-electron chi connectivity index (χ2n) is 5.85. The molecule has 0 aromatic heterocycles. The molecule has 2 unspecified atom stereocenters. The minimum absolute atomic E-state index is 0.0924. The van der Waals surface area contributed by atoms with E-state index < -0.39 is 0 Å². The van der Waals surface area contributed by atoms with Crippen molar-refractivity contribution in [1.29, 1.82) is 0 Å². The van der Waals surface area contributed by atoms with E-state index in [1.807, 2.05) is 0 Å². The Kier molecular flexibility index (Phi) is 7.15. The van der Waals surface area contributed by atoms with Crippen molar-refractivity contribution in [1.82, 2.24) is 0 Å². The number of aliphatic hydroxyl groups is 1. The molecule has 1 rings (SSSR count). The van der Waals surface area contributed by atoms with Crippen LogP contribution in [0, 0.1) is 11.8 Å². The SMILES string of the molecule is CC(C)COCCOCCC1CCCC1(N)CO. The minimum Gasteiger partial charge on any atom is -0.394 e. The predicted molar refractivity (Wildman–Crippen MR) is 72.4 cm³/mol. The van der Waals surface area contributed by atoms with Crippen LogP contribution in [0.2, 0.25) is 0 Å². The monoisotopic (exact) mass is 259 g/mol. The van der Waals surface area contributed by atoms with Gasteiger partial charge in [-0.25, -0.2) is 0 Å². The van der Waals surface area contributed by atoms with Crippen LogP contribution in [-0.2, 0) is 9.47 Å². The van der Waals surface area contributed by atoms with Crippen molar-refractivity contribution in [3.05, 3.63) is 0 Å². The van der Waals surface area contributed by atoms with Gasteiger partial charge in [-0.3, -0.25) is 0 Å². The zero-order valence-corrected chi connectivity index (χ0v) is 11.9. The molecule has 0 saturated heterocycles. The molecule has 0 radical (unpaired) electrons. The fourth-order valence-electron chi connectivity index (χ4n) is 2.57. The highest BCUT2D eigenvalue weighted by molar-refractivity contribution is 4.95. The summed E-state index contributed by atoms with van der Waals surface area (Å²) >= 11 is 0. The van der Waals surface area contributed by atoms with E-state index >= 15 is 0 Å². The van der Waals surface area contributed by atoms with Crippen LogP contribution >= 0.6 is 0 Å². The van der Waals surface area contributed by atoms with Gasteiger partial charge in [-0.1, -0.05) is 20.3 Å². The lowest BCUT2D eigenvalue weighted by Crippen LogP contribution is -2.47. The van der Waals surface area contributed by atoms with E-state index in [0.29, 0.717) is 31.7 Å². The van der Waals surface area contributed by atoms with Crippen molar-refractivity contribution in [2.75, 3.05) is 33.0 Å². The molecule has 1 aliphatic rings. The molecule has 18 heavy (non-hydrogen) atoms. The van der Waals surface area contributed by atoms with E-state index in [4.69, 9.17) is 15.2 Å². The van der Waals surface area contributed by atoms with E-state index in [9.17, 15) is 5.11 Å². The number of aliphatic hydroxyl groups excluding tert-OH is 1. The molecule has 0 bridgehead atoms. The fourth-order valence-corrected chi connectivity index (χ4v) is 2.57. The van der Waals surface area contributed by atoms with Gasteiger partial charge in [0.2, 0.25) is 0 Å². The van der Waals surface area contributed by atoms with E-state index in [2.05, 4.69) is 13.8 Å². The summed E-state index contributed by atoms with van der Waals surface area (Å²) < 4.78 is 11.0. The first-order chi connectivity index (χ1) is 8.58. The Morgan fingerprint density at radius 3 is 2.67 bits per heavy atom. The molecular weight excluding hydrogens is 230 g/mol. The topological polar surface area (TPSA) is 64.7 Å². The van der Waals surface area contributed by atoms with Gasteiger partial charge in [0.25, 0.3) is 0 Å². The van der Waals surface area contributed by atoms with E-state index in [0.717, 1.165) is 32.3 Å². The van der Waals surface area contributed by atoms with Crippen molar-refractivity contribution in [2.45, 2.75) is 45.1 Å². The average molecular weight is 259 g/mol. The lowest BCUT2D eigenvalue weighted by atomic mass is 9.87. The predicted octanol–water partition coefficient (Wildman–Crippen LogP) is 1.56. The Morgan fingerprint density at radius 1 is 1.28 bits per heavy atom. The quantitative estimate of drug-likeness (QED) is 0.617. The van der Waals surface area contributed by atoms with Crippen molar-refractivity contribution in [3.63, 3.8) is 0 Å². The molecule has 0 aliphatic heterocycles. The first-order valence-corrected chi connectivity index (χ1v) is 7.13. The van der Waals surface area contributed by atoms with E-state index in [1.54, 1.807) is 0 Å². The van der Waals surface area contributed by atoms with Gasteiger partial charge in [0.1, 0.15) is 0 Å². The van der Waals surface area contributed by atoms with Crippen LogP contribution in [0.3, 0.4) is 0 Å². The third-order valence-corrected chi connectivity index (χ3v) is 3.74. The minimum atomic E-state index is -0.364. The third kappa shape index (κ3) is 5.22. The molecule has 1 aliphatic carbocycles. The Balaban J connectivity index is 2.01. The number of nitrogens with two attached hydrogens (primary N) is 1. The molecule has 108 valence electrons. The van der Waals surface area contributed by atoms with Crippen LogP contribution in [0.25, 0.3) is 0 Å². The third-order valence-electron chi connectivity index (χ3n) is 3.74. The number of rotatable bonds is 9. The van der Waals surface area contributed by atoms with Gasteiger partial charge in [-0.2, -0.15) is 0 Å². The number of hydrogen-bond donors (Lipinski definition) is 2. The van der Waals surface area contributed by atoms with Gasteiger partial charge in [0, 0.05) is 18.8 Å². The maximum atomic E-state index is 9.33. The highest BCUT2D eigenvalue weighted by atomic mass is 16.5. The van der Waals surface area contributed by atoms with Crippen molar-refractivity contribution >= 4 is 0 Å². The second kappa shape index (κ2) is 8.10. The highest BCUT2D eigenvalue weighted by Crippen LogP contribution is 2.35. The first-order valence-electron chi connectivity index (χ1n) is 7.13. The average Bonchev–Trinajstić information content (AvgIpc) is 2.70. The smallest absolute Gasteiger partial charge is 0.0700 e.